The molecule has 0 radical (unpaired) electrons. The fourth-order valence-corrected chi connectivity index (χ4v) is 1.23. The van der Waals surface area contributed by atoms with Gasteiger partial charge in [0.05, 0.1) is 11.6 Å². The van der Waals surface area contributed by atoms with E-state index >= 15 is 0 Å². The van der Waals surface area contributed by atoms with E-state index in [0.29, 0.717) is 4.99 Å². The molecule has 14 heavy (non-hydrogen) atoms. The highest BCUT2D eigenvalue weighted by molar-refractivity contribution is 7.80. The molecule has 0 atom stereocenters. The molecule has 3 N–H and O–H groups in total. The van der Waals surface area contributed by atoms with Crippen LogP contribution in [-0.4, -0.2) is 41.2 Å². The summed E-state index contributed by atoms with van der Waals surface area (Å²) in [6.07, 6.45) is 0.941. The van der Waals surface area contributed by atoms with Crippen LogP contribution in [-0.2, 0) is 0 Å². The third kappa shape index (κ3) is 4.88. The standard InChI is InChI=1S/C10H22N2OS/c1-4-12(7-8-13)6-5-10(2,3)9(11)14/h13H,4-8H2,1-3H3,(H2,11,14). The number of rotatable bonds is 7. The molecule has 0 heterocycles. The quantitative estimate of drug-likeness (QED) is 0.626. The summed E-state index contributed by atoms with van der Waals surface area (Å²) < 4.78 is 0. The maximum Gasteiger partial charge on any atom is 0.0784 e. The van der Waals surface area contributed by atoms with E-state index in [2.05, 4.69) is 25.7 Å². The lowest BCUT2D eigenvalue weighted by molar-refractivity contribution is 0.190. The van der Waals surface area contributed by atoms with Gasteiger partial charge >= 0.3 is 0 Å². The fourth-order valence-electron chi connectivity index (χ4n) is 1.13. The van der Waals surface area contributed by atoms with Crippen LogP contribution in [0, 0.1) is 5.41 Å². The van der Waals surface area contributed by atoms with Crippen LogP contribution in [0.25, 0.3) is 0 Å². The molecule has 0 saturated heterocycles. The van der Waals surface area contributed by atoms with Crippen LogP contribution in [0.3, 0.4) is 0 Å². The highest BCUT2D eigenvalue weighted by Gasteiger charge is 2.21. The minimum absolute atomic E-state index is 0.0851. The molecule has 4 heteroatoms. The zero-order valence-corrected chi connectivity index (χ0v) is 10.2. The van der Waals surface area contributed by atoms with Gasteiger partial charge in [-0.2, -0.15) is 0 Å². The van der Waals surface area contributed by atoms with Gasteiger partial charge in [0, 0.05) is 12.0 Å². The van der Waals surface area contributed by atoms with Crippen LogP contribution in [0.2, 0.25) is 0 Å². The molecule has 0 fully saturated rings. The third-order valence-electron chi connectivity index (χ3n) is 2.58. The lowest BCUT2D eigenvalue weighted by Gasteiger charge is -2.27. The van der Waals surface area contributed by atoms with Gasteiger partial charge in [0.25, 0.3) is 0 Å². The van der Waals surface area contributed by atoms with Crippen molar-refractivity contribution >= 4 is 17.2 Å². The summed E-state index contributed by atoms with van der Waals surface area (Å²) in [6, 6.07) is 0. The smallest absolute Gasteiger partial charge is 0.0784 e. The Morgan fingerprint density at radius 3 is 2.36 bits per heavy atom. The molecule has 0 unspecified atom stereocenters. The Hall–Kier alpha value is -0.190. The lowest BCUT2D eigenvalue weighted by Crippen LogP contribution is -2.36. The Labute approximate surface area is 92.3 Å². The van der Waals surface area contributed by atoms with Crippen LogP contribution in [0.4, 0.5) is 0 Å². The third-order valence-corrected chi connectivity index (χ3v) is 3.14. The summed E-state index contributed by atoms with van der Waals surface area (Å²) in [7, 11) is 0. The molecule has 0 aliphatic carbocycles. The number of aliphatic hydroxyl groups is 1. The summed E-state index contributed by atoms with van der Waals surface area (Å²) in [5, 5.41) is 8.81. The molecule has 0 saturated carbocycles. The number of likely N-dealkylation sites (N-methyl/N-ethyl adjacent to an activating group) is 1. The van der Waals surface area contributed by atoms with Crippen molar-refractivity contribution in [1.82, 2.24) is 4.90 Å². The molecule has 0 amide bonds. The number of thiocarbonyl (C=S) groups is 1. The van der Waals surface area contributed by atoms with Gasteiger partial charge in [0.2, 0.25) is 0 Å². The summed E-state index contributed by atoms with van der Waals surface area (Å²) in [5.74, 6) is 0. The van der Waals surface area contributed by atoms with Crippen molar-refractivity contribution in [2.45, 2.75) is 27.2 Å². The maximum atomic E-state index is 8.81. The summed E-state index contributed by atoms with van der Waals surface area (Å²) in [6.45, 7) is 9.02. The Morgan fingerprint density at radius 1 is 1.43 bits per heavy atom. The molecule has 0 aliphatic rings. The van der Waals surface area contributed by atoms with Gasteiger partial charge < -0.3 is 15.7 Å². The normalized spacial score (nSPS) is 12.1. The average molecular weight is 218 g/mol. The maximum absolute atomic E-state index is 8.81. The Morgan fingerprint density at radius 2 is 2.00 bits per heavy atom. The van der Waals surface area contributed by atoms with Crippen molar-refractivity contribution < 1.29 is 5.11 Å². The molecule has 0 bridgehead atoms. The molecule has 84 valence electrons. The first-order chi connectivity index (χ1) is 6.44. The highest BCUT2D eigenvalue weighted by atomic mass is 32.1. The second-order valence-electron chi connectivity index (χ2n) is 4.16. The zero-order chi connectivity index (χ0) is 11.2. The van der Waals surface area contributed by atoms with Gasteiger partial charge in [-0.15, -0.1) is 0 Å². The van der Waals surface area contributed by atoms with E-state index in [1.54, 1.807) is 0 Å². The van der Waals surface area contributed by atoms with Crippen LogP contribution in [0.15, 0.2) is 0 Å². The number of nitrogens with zero attached hydrogens (tertiary/aromatic N) is 1. The Balaban J connectivity index is 3.95. The predicted molar refractivity (Wildman–Crippen MR) is 64.4 cm³/mol. The van der Waals surface area contributed by atoms with E-state index in [-0.39, 0.29) is 12.0 Å². The lowest BCUT2D eigenvalue weighted by atomic mass is 9.89. The second-order valence-corrected chi connectivity index (χ2v) is 4.60. The first-order valence-corrected chi connectivity index (χ1v) is 5.48. The number of hydrogen-bond donors (Lipinski definition) is 2. The molecule has 0 aromatic rings. The van der Waals surface area contributed by atoms with Crippen LogP contribution in [0.5, 0.6) is 0 Å². The molecule has 0 rings (SSSR count). The van der Waals surface area contributed by atoms with Crippen molar-refractivity contribution in [2.24, 2.45) is 11.1 Å². The minimum Gasteiger partial charge on any atom is -0.395 e. The van der Waals surface area contributed by atoms with E-state index in [4.69, 9.17) is 23.1 Å². The van der Waals surface area contributed by atoms with Gasteiger partial charge in [-0.1, -0.05) is 33.0 Å². The molecule has 0 aromatic carbocycles. The zero-order valence-electron chi connectivity index (χ0n) is 9.42. The molecular formula is C10H22N2OS. The monoisotopic (exact) mass is 218 g/mol. The molecular weight excluding hydrogens is 196 g/mol. The van der Waals surface area contributed by atoms with E-state index in [1.807, 2.05) is 0 Å². The van der Waals surface area contributed by atoms with E-state index in [1.165, 1.54) is 0 Å². The summed E-state index contributed by atoms with van der Waals surface area (Å²) in [5.41, 5.74) is 5.55. The van der Waals surface area contributed by atoms with Crippen molar-refractivity contribution in [3.63, 3.8) is 0 Å². The highest BCUT2D eigenvalue weighted by Crippen LogP contribution is 2.20. The Bertz CT molecular complexity index is 183. The number of nitrogens with two attached hydrogens (primary N) is 1. The molecule has 0 aromatic heterocycles. The largest absolute Gasteiger partial charge is 0.395 e. The average Bonchev–Trinajstić information content (AvgIpc) is 2.12. The van der Waals surface area contributed by atoms with Crippen molar-refractivity contribution in [3.8, 4) is 0 Å². The first kappa shape index (κ1) is 13.8. The summed E-state index contributed by atoms with van der Waals surface area (Å²) >= 11 is 4.99. The minimum atomic E-state index is -0.0851. The SMILES string of the molecule is CCN(CCO)CCC(C)(C)C(N)=S. The van der Waals surface area contributed by atoms with Gasteiger partial charge in [-0.3, -0.25) is 0 Å². The first-order valence-electron chi connectivity index (χ1n) is 5.07. The van der Waals surface area contributed by atoms with E-state index in [9.17, 15) is 0 Å². The van der Waals surface area contributed by atoms with Crippen molar-refractivity contribution in [3.05, 3.63) is 0 Å². The van der Waals surface area contributed by atoms with E-state index < -0.39 is 0 Å². The van der Waals surface area contributed by atoms with Gasteiger partial charge in [0.1, 0.15) is 0 Å². The number of hydrogen-bond acceptors (Lipinski definition) is 3. The summed E-state index contributed by atoms with van der Waals surface area (Å²) in [4.78, 5) is 2.76. The molecule has 0 aliphatic heterocycles. The number of aliphatic hydroxyl groups excluding tert-OH is 1. The van der Waals surface area contributed by atoms with Gasteiger partial charge in [-0.05, 0) is 19.5 Å². The molecule has 0 spiro atoms. The van der Waals surface area contributed by atoms with Crippen molar-refractivity contribution in [2.75, 3.05) is 26.2 Å². The second kappa shape index (κ2) is 6.32. The van der Waals surface area contributed by atoms with Gasteiger partial charge in [0.15, 0.2) is 0 Å². The van der Waals surface area contributed by atoms with Crippen LogP contribution < -0.4 is 5.73 Å². The van der Waals surface area contributed by atoms with E-state index in [0.717, 1.165) is 26.1 Å². The predicted octanol–water partition coefficient (Wildman–Crippen LogP) is 1.00. The fraction of sp³-hybridized carbons (Fsp3) is 0.900. The van der Waals surface area contributed by atoms with Crippen LogP contribution >= 0.6 is 12.2 Å². The Kier molecular flexibility index (Phi) is 6.24. The molecule has 3 nitrogen and oxygen atoms in total. The van der Waals surface area contributed by atoms with Gasteiger partial charge in [-0.25, -0.2) is 0 Å². The van der Waals surface area contributed by atoms with Crippen LogP contribution in [0.1, 0.15) is 27.2 Å². The topological polar surface area (TPSA) is 49.5 Å². The van der Waals surface area contributed by atoms with Crippen molar-refractivity contribution in [1.29, 1.82) is 0 Å².